The van der Waals surface area contributed by atoms with Crippen LogP contribution in [0.4, 0.5) is 0 Å². The molecule has 1 aromatic carbocycles. The van der Waals surface area contributed by atoms with Crippen LogP contribution in [0.2, 0.25) is 0 Å². The van der Waals surface area contributed by atoms with Crippen molar-refractivity contribution < 1.29 is 28.7 Å². The summed E-state index contributed by atoms with van der Waals surface area (Å²) in [5, 5.41) is 13.0. The largest absolute Gasteiger partial charge is 0.494 e. The zero-order chi connectivity index (χ0) is 32.8. The first-order valence-electron chi connectivity index (χ1n) is 16.3. The van der Waals surface area contributed by atoms with Gasteiger partial charge in [0.1, 0.15) is 11.5 Å². The van der Waals surface area contributed by atoms with Crippen LogP contribution in [-0.2, 0) is 18.9 Å². The molecule has 4 fully saturated rings. The van der Waals surface area contributed by atoms with E-state index in [0.29, 0.717) is 44.1 Å². The number of amides is 1. The molecule has 0 unspecified atom stereocenters. The van der Waals surface area contributed by atoms with Crippen molar-refractivity contribution >= 4 is 24.8 Å². The van der Waals surface area contributed by atoms with Gasteiger partial charge in [0.05, 0.1) is 24.3 Å². The van der Waals surface area contributed by atoms with Crippen molar-refractivity contribution in [3.8, 4) is 5.75 Å². The zero-order valence-electron chi connectivity index (χ0n) is 27.3. The van der Waals surface area contributed by atoms with Gasteiger partial charge in [0.15, 0.2) is 5.03 Å². The van der Waals surface area contributed by atoms with Gasteiger partial charge in [-0.1, -0.05) is 51.3 Å². The van der Waals surface area contributed by atoms with Crippen LogP contribution >= 0.6 is 0 Å². The molecule has 5 rings (SSSR count). The molecule has 3 saturated carbocycles. The van der Waals surface area contributed by atoms with E-state index in [1.807, 2.05) is 35.8 Å². The second-order valence-corrected chi connectivity index (χ2v) is 14.1. The summed E-state index contributed by atoms with van der Waals surface area (Å²) in [5.41, 5.74) is 7.17. The number of carbonyl (C=O) groups excluding carboxylic acids is 2. The Morgan fingerprint density at radius 1 is 1.20 bits per heavy atom. The van der Waals surface area contributed by atoms with E-state index < -0.39 is 23.7 Å². The first-order valence-corrected chi connectivity index (χ1v) is 16.3. The van der Waals surface area contributed by atoms with Crippen LogP contribution < -0.4 is 21.2 Å². The summed E-state index contributed by atoms with van der Waals surface area (Å²) in [6.45, 7) is 11.6. The van der Waals surface area contributed by atoms with Gasteiger partial charge in [0, 0.05) is 25.3 Å². The van der Waals surface area contributed by atoms with E-state index in [1.54, 1.807) is 0 Å². The van der Waals surface area contributed by atoms with Crippen molar-refractivity contribution in [2.24, 2.45) is 39.8 Å². The third kappa shape index (κ3) is 8.75. The van der Waals surface area contributed by atoms with E-state index in [9.17, 15) is 19.7 Å². The molecule has 0 radical (unpaired) electrons. The average molecular weight is 628 g/mol. The van der Waals surface area contributed by atoms with E-state index in [1.165, 1.54) is 0 Å². The lowest BCUT2D eigenvalue weighted by Crippen LogP contribution is -2.65. The van der Waals surface area contributed by atoms with Crippen molar-refractivity contribution in [1.29, 1.82) is 0 Å². The molecule has 45 heavy (non-hydrogen) atoms. The summed E-state index contributed by atoms with van der Waals surface area (Å²) in [4.78, 5) is 41.4. The fourth-order valence-electron chi connectivity index (χ4n) is 7.46. The van der Waals surface area contributed by atoms with Gasteiger partial charge >= 0.3 is 7.12 Å². The molecule has 13 heteroatoms. The Kier molecular flexibility index (Phi) is 11.5. The molecule has 248 valence electrons. The van der Waals surface area contributed by atoms with E-state index in [4.69, 9.17) is 19.8 Å². The highest BCUT2D eigenvalue weighted by molar-refractivity contribution is 6.47. The predicted molar refractivity (Wildman–Crippen MR) is 172 cm³/mol. The standard InChI is InChI=1S/C32H50BN5O7/c1-21(2)17-28(33-44-27-20-23-19-26(31(23,3)4)32(27,5)45-33)36-29(40)22(11-9-15-35-30(34)37-38(41)42)18-24(39)12-10-16-43-25-13-7-6-8-14-25/h6-8,13-14,21-23,26-28H,9-12,15-20H2,1-5H3,(H,36,40)(H3,34,35,37)/t22-,23-,26-,27-,28+,32+/m1/s1. The maximum Gasteiger partial charge on any atom is 0.481 e. The molecule has 0 spiro atoms. The Morgan fingerprint density at radius 2 is 1.93 bits per heavy atom. The molecular formula is C32H50BN5O7. The molecule has 4 N–H and O–H groups in total. The first kappa shape index (κ1) is 34.7. The van der Waals surface area contributed by atoms with E-state index in [-0.39, 0.29) is 60.4 Å². The molecule has 0 aromatic heterocycles. The number of rotatable bonds is 17. The average Bonchev–Trinajstić information content (AvgIpc) is 3.33. The van der Waals surface area contributed by atoms with Gasteiger partial charge in [-0.3, -0.25) is 9.59 Å². The lowest BCUT2D eigenvalue weighted by atomic mass is 9.43. The molecule has 4 aliphatic rings. The van der Waals surface area contributed by atoms with Gasteiger partial charge in [0.25, 0.3) is 5.96 Å². The van der Waals surface area contributed by atoms with Gasteiger partial charge in [-0.15, -0.1) is 0 Å². The molecule has 1 heterocycles. The molecule has 1 aliphatic heterocycles. The highest BCUT2D eigenvalue weighted by Gasteiger charge is 2.68. The number of hydrogen-bond donors (Lipinski definition) is 3. The van der Waals surface area contributed by atoms with Crippen LogP contribution in [0.15, 0.2) is 35.3 Å². The van der Waals surface area contributed by atoms with Crippen LogP contribution in [0.3, 0.4) is 0 Å². The maximum atomic E-state index is 13.8. The molecule has 1 amide bonds. The third-order valence-electron chi connectivity index (χ3n) is 10.0. The van der Waals surface area contributed by atoms with Crippen LogP contribution in [0.1, 0.15) is 86.0 Å². The number of hydrogen-bond acceptors (Lipinski definition) is 8. The molecule has 12 nitrogen and oxygen atoms in total. The number of para-hydroxylation sites is 1. The van der Waals surface area contributed by atoms with Gasteiger partial charge in [0.2, 0.25) is 5.91 Å². The van der Waals surface area contributed by atoms with Crippen molar-refractivity contribution in [2.75, 3.05) is 13.2 Å². The number of nitrogens with one attached hydrogen (secondary N) is 2. The minimum Gasteiger partial charge on any atom is -0.494 e. The molecule has 1 saturated heterocycles. The zero-order valence-corrected chi connectivity index (χ0v) is 27.3. The van der Waals surface area contributed by atoms with E-state index in [2.05, 4.69) is 44.9 Å². The summed E-state index contributed by atoms with van der Waals surface area (Å²) in [6, 6.07) is 9.42. The minimum absolute atomic E-state index is 0.00239. The number of ether oxygens (including phenoxy) is 1. The Morgan fingerprint density at radius 3 is 2.60 bits per heavy atom. The van der Waals surface area contributed by atoms with E-state index in [0.717, 1.165) is 18.6 Å². The van der Waals surface area contributed by atoms with E-state index >= 15 is 0 Å². The molecule has 1 aromatic rings. The third-order valence-corrected chi connectivity index (χ3v) is 10.0. The number of nitrogens with two attached hydrogens (primary N) is 1. The van der Waals surface area contributed by atoms with Gasteiger partial charge in [-0.2, -0.15) is 0 Å². The summed E-state index contributed by atoms with van der Waals surface area (Å²) in [5.74, 6) is 0.512. The monoisotopic (exact) mass is 627 g/mol. The van der Waals surface area contributed by atoms with Crippen molar-refractivity contribution in [3.05, 3.63) is 40.4 Å². The second-order valence-electron chi connectivity index (χ2n) is 14.1. The van der Waals surface area contributed by atoms with Crippen LogP contribution in [0.5, 0.6) is 5.75 Å². The highest BCUT2D eigenvalue weighted by atomic mass is 16.7. The molecule has 3 aliphatic carbocycles. The number of nitrogens with zero attached hydrogens (tertiary/aromatic N) is 2. The quantitative estimate of drug-likeness (QED) is 0.0575. The number of ketones is 1. The highest BCUT2D eigenvalue weighted by Crippen LogP contribution is 2.65. The SMILES string of the molecule is CC(C)C[C@H](NC(=O)[C@H](CCCN=C(N)N[N+](=O)[O-])CC(=O)CCCOc1ccccc1)B1O[C@@H]2C[C@H]3C[C@H](C3(C)C)[C@]2(C)O1. The van der Waals surface area contributed by atoms with Crippen molar-refractivity contribution in [3.63, 3.8) is 0 Å². The van der Waals surface area contributed by atoms with Crippen molar-refractivity contribution in [1.82, 2.24) is 10.7 Å². The number of nitro groups is 1. The molecular weight excluding hydrogens is 577 g/mol. The van der Waals surface area contributed by atoms with Gasteiger partial charge in [-0.25, -0.2) is 15.1 Å². The second kappa shape index (κ2) is 14.9. The molecule has 2 bridgehead atoms. The van der Waals surface area contributed by atoms with Crippen LogP contribution in [-0.4, -0.2) is 60.6 Å². The van der Waals surface area contributed by atoms with Crippen LogP contribution in [0.25, 0.3) is 0 Å². The van der Waals surface area contributed by atoms with Gasteiger partial charge < -0.3 is 25.1 Å². The summed E-state index contributed by atoms with van der Waals surface area (Å²) < 4.78 is 19.0. The normalized spacial score (nSPS) is 26.4. The summed E-state index contributed by atoms with van der Waals surface area (Å²) in [6.07, 6.45) is 4.45. The first-order chi connectivity index (χ1) is 21.3. The Labute approximate surface area is 266 Å². The van der Waals surface area contributed by atoms with Gasteiger partial charge in [-0.05, 0) is 80.8 Å². The number of Topliss-reactive ketones (excluding diaryl/α,β-unsaturated/α-hetero) is 1. The lowest BCUT2D eigenvalue weighted by molar-refractivity contribution is -0.525. The number of aliphatic imine (C=N–C) groups is 1. The minimum atomic E-state index is -0.780. The number of benzene rings is 1. The number of guanidine groups is 1. The topological polar surface area (TPSA) is 167 Å². The summed E-state index contributed by atoms with van der Waals surface area (Å²) in [7, 11) is -0.564. The predicted octanol–water partition coefficient (Wildman–Crippen LogP) is 4.10. The molecule has 6 atom stereocenters. The number of hydrazine groups is 1. The Balaban J connectivity index is 1.38. The maximum absolute atomic E-state index is 13.8. The fourth-order valence-corrected chi connectivity index (χ4v) is 7.46. The van der Waals surface area contributed by atoms with Crippen molar-refractivity contribution in [2.45, 2.75) is 104 Å². The summed E-state index contributed by atoms with van der Waals surface area (Å²) >= 11 is 0. The lowest BCUT2D eigenvalue weighted by Gasteiger charge is -2.64. The fraction of sp³-hybridized carbons (Fsp3) is 0.719. The Bertz CT molecular complexity index is 1220. The number of carbonyl (C=O) groups is 2. The smallest absolute Gasteiger partial charge is 0.481 e. The Hall–Kier alpha value is -3.19. The van der Waals surface area contributed by atoms with Crippen LogP contribution in [0, 0.1) is 39.2 Å².